The van der Waals surface area contributed by atoms with Crippen molar-refractivity contribution >= 4 is 163 Å². The van der Waals surface area contributed by atoms with Crippen molar-refractivity contribution in [3.8, 4) is 100 Å². The molecule has 0 spiro atoms. The van der Waals surface area contributed by atoms with E-state index in [4.69, 9.17) is 0 Å². The van der Waals surface area contributed by atoms with E-state index < -0.39 is 7.12 Å². The molecular weight excluding hydrogens is 1600 g/mol. The van der Waals surface area contributed by atoms with Crippen LogP contribution in [0, 0.1) is 0 Å². The van der Waals surface area contributed by atoms with Crippen LogP contribution in [0.3, 0.4) is 0 Å². The lowest BCUT2D eigenvalue weighted by molar-refractivity contribution is 0.426. The molecule has 121 heavy (non-hydrogen) atoms. The lowest BCUT2D eigenvalue weighted by Crippen LogP contribution is -2.31. The average Bonchev–Trinajstić information content (AvgIpc) is 0.742. The van der Waals surface area contributed by atoms with E-state index in [-0.39, 0.29) is 0 Å². The number of halogens is 2. The predicted molar refractivity (Wildman–Crippen MR) is 526 cm³/mol. The Bertz CT molecular complexity index is 7450. The third-order valence-corrected chi connectivity index (χ3v) is 25.3. The molecule has 0 atom stereocenters. The van der Waals surface area contributed by atoms with Gasteiger partial charge >= 0.3 is 7.12 Å². The van der Waals surface area contributed by atoms with Crippen LogP contribution in [0.15, 0.2) is 452 Å². The molecule has 0 saturated heterocycles. The van der Waals surface area contributed by atoms with Crippen molar-refractivity contribution in [2.45, 2.75) is 0 Å². The highest BCUT2D eigenvalue weighted by molar-refractivity contribution is 9.10. The molecule has 0 saturated carbocycles. The minimum atomic E-state index is -1.52. The van der Waals surface area contributed by atoms with Crippen LogP contribution in [0.2, 0.25) is 0 Å². The second kappa shape index (κ2) is 32.0. The summed E-state index contributed by atoms with van der Waals surface area (Å²) in [6.45, 7) is 0. The monoisotopic (exact) mass is 1670 g/mol. The molecule has 23 rings (SSSR count). The Hall–Kier alpha value is -14.1. The van der Waals surface area contributed by atoms with Crippen molar-refractivity contribution in [1.29, 1.82) is 0 Å². The standard InChI is InChI=1S/C70H44.C24H17BO2.C22H14Br2/c1-3-15-51-43-57(39-29-45(51)13-1)69-63-21-9-5-17-59(63)67(60-18-6-10-22-64(60)69)49-31-25-47(26-32-49)53-35-37-56-42-54(36-38-55(56)41-53)48-27-33-50(34-28-48)68-61-19-7-11-23-65(61)70(66-24-12-8-20-62(66)68)58-40-30-46-14-2-4-16-52(46)44-58;26-25(27)24-21-11-5-3-9-19(21)23(20-10-4-6-12-22(20)24)18-14-13-16-7-1-2-8-17(16)15-18;23-21-9-5-15(6-10-21)17-1-3-19-14-18(2-4-20(19)13-17)16-7-11-22(24)12-8-16/h1-44H;1-15,26-27H;1-14H. The number of benzene rings is 23. The van der Waals surface area contributed by atoms with Crippen LogP contribution in [-0.4, -0.2) is 17.2 Å². The molecule has 0 aliphatic rings. The first kappa shape index (κ1) is 74.4. The quantitative estimate of drug-likeness (QED) is 0.106. The molecule has 2 nitrogen and oxygen atoms in total. The fourth-order valence-corrected chi connectivity index (χ4v) is 19.0. The zero-order chi connectivity index (χ0) is 81.0. The van der Waals surface area contributed by atoms with Crippen molar-refractivity contribution in [2.75, 3.05) is 0 Å². The van der Waals surface area contributed by atoms with Crippen LogP contribution in [0.1, 0.15) is 0 Å². The van der Waals surface area contributed by atoms with E-state index in [9.17, 15) is 10.0 Å². The lowest BCUT2D eigenvalue weighted by Gasteiger charge is -2.18. The van der Waals surface area contributed by atoms with Gasteiger partial charge < -0.3 is 10.0 Å². The van der Waals surface area contributed by atoms with Crippen molar-refractivity contribution in [2.24, 2.45) is 0 Å². The molecule has 5 heteroatoms. The van der Waals surface area contributed by atoms with Gasteiger partial charge in [-0.2, -0.15) is 0 Å². The molecule has 0 heterocycles. The zero-order valence-electron chi connectivity index (χ0n) is 65.9. The van der Waals surface area contributed by atoms with Crippen molar-refractivity contribution in [1.82, 2.24) is 0 Å². The Morgan fingerprint density at radius 3 is 0.545 bits per heavy atom. The average molecular weight is 1670 g/mol. The van der Waals surface area contributed by atoms with Gasteiger partial charge in [-0.1, -0.05) is 408 Å². The molecular formula is C116H75BBr2O2. The Balaban J connectivity index is 0.000000143. The van der Waals surface area contributed by atoms with Crippen molar-refractivity contribution in [3.63, 3.8) is 0 Å². The second-order valence-electron chi connectivity index (χ2n) is 31.3. The molecule has 0 aliphatic heterocycles. The Morgan fingerprint density at radius 2 is 0.298 bits per heavy atom. The summed E-state index contributed by atoms with van der Waals surface area (Å²) in [7, 11) is -1.52. The van der Waals surface area contributed by atoms with E-state index >= 15 is 0 Å². The maximum atomic E-state index is 10.1. The summed E-state index contributed by atoms with van der Waals surface area (Å²) in [6.07, 6.45) is 0. The summed E-state index contributed by atoms with van der Waals surface area (Å²) in [5, 5.41) is 46.5. The number of hydrogen-bond donors (Lipinski definition) is 2. The first-order chi connectivity index (χ1) is 59.6. The highest BCUT2D eigenvalue weighted by atomic mass is 79.9. The van der Waals surface area contributed by atoms with E-state index in [0.29, 0.717) is 5.46 Å². The fraction of sp³-hybridized carbons (Fsp3) is 0. The minimum Gasteiger partial charge on any atom is -0.423 e. The Morgan fingerprint density at radius 1 is 0.140 bits per heavy atom. The van der Waals surface area contributed by atoms with Gasteiger partial charge in [0, 0.05) is 8.95 Å². The Kier molecular flexibility index (Phi) is 19.7. The molecule has 0 bridgehead atoms. The van der Waals surface area contributed by atoms with Crippen LogP contribution in [0.5, 0.6) is 0 Å². The van der Waals surface area contributed by atoms with Gasteiger partial charge in [0.15, 0.2) is 0 Å². The van der Waals surface area contributed by atoms with Gasteiger partial charge in [0.2, 0.25) is 0 Å². The number of fused-ring (bicyclic) bond motifs is 11. The molecule has 23 aromatic rings. The minimum absolute atomic E-state index is 0.561. The Labute approximate surface area is 719 Å². The third-order valence-electron chi connectivity index (χ3n) is 24.3. The SMILES string of the molecule is Brc1ccc(-c2ccc3cc(-c4ccc(Br)cc4)ccc3c2)cc1.OB(O)c1c2ccccc2c(-c2ccc3ccccc3c2)c2ccccc12.c1ccc2cc(-c3c4ccccc4c(-c4ccc(-c5ccc6cc(-c7ccc(-c8c9ccccc9c(-c9ccc%10ccccc%10c9)c9ccccc89)cc7)ccc6c5)cc4)c4ccccc34)ccc2c1. The largest absolute Gasteiger partial charge is 0.489 e. The summed E-state index contributed by atoms with van der Waals surface area (Å²) in [6, 6.07) is 160. The molecule has 568 valence electrons. The van der Waals surface area contributed by atoms with E-state index in [1.165, 1.54) is 186 Å². The maximum Gasteiger partial charge on any atom is 0.489 e. The molecule has 0 radical (unpaired) electrons. The number of rotatable bonds is 10. The molecule has 2 N–H and O–H groups in total. The first-order valence-electron chi connectivity index (χ1n) is 41.1. The van der Waals surface area contributed by atoms with Gasteiger partial charge in [-0.05, 0) is 291 Å². The topological polar surface area (TPSA) is 40.5 Å². The van der Waals surface area contributed by atoms with Gasteiger partial charge in [-0.15, -0.1) is 0 Å². The normalized spacial score (nSPS) is 11.5. The maximum absolute atomic E-state index is 10.1. The van der Waals surface area contributed by atoms with Crippen molar-refractivity contribution in [3.05, 3.63) is 452 Å². The van der Waals surface area contributed by atoms with Gasteiger partial charge in [-0.25, -0.2) is 0 Å². The smallest absolute Gasteiger partial charge is 0.423 e. The van der Waals surface area contributed by atoms with Crippen LogP contribution in [0.25, 0.3) is 219 Å². The van der Waals surface area contributed by atoms with Gasteiger partial charge in [-0.3, -0.25) is 0 Å². The molecule has 0 unspecified atom stereocenters. The summed E-state index contributed by atoms with van der Waals surface area (Å²) in [5.41, 5.74) is 22.6. The zero-order valence-corrected chi connectivity index (χ0v) is 69.0. The van der Waals surface area contributed by atoms with E-state index in [0.717, 1.165) is 41.6 Å². The summed E-state index contributed by atoms with van der Waals surface area (Å²) < 4.78 is 2.21. The summed E-state index contributed by atoms with van der Waals surface area (Å²) in [5.74, 6) is 0. The fourth-order valence-electron chi connectivity index (χ4n) is 18.4. The molecule has 0 aromatic heterocycles. The van der Waals surface area contributed by atoms with E-state index in [2.05, 4.69) is 426 Å². The summed E-state index contributed by atoms with van der Waals surface area (Å²) >= 11 is 6.98. The van der Waals surface area contributed by atoms with Gasteiger partial charge in [0.05, 0.1) is 0 Å². The second-order valence-corrected chi connectivity index (χ2v) is 33.2. The highest BCUT2D eigenvalue weighted by Crippen LogP contribution is 2.48. The highest BCUT2D eigenvalue weighted by Gasteiger charge is 2.24. The molecule has 0 amide bonds. The van der Waals surface area contributed by atoms with Crippen LogP contribution in [0.4, 0.5) is 0 Å². The first-order valence-corrected chi connectivity index (χ1v) is 42.7. The lowest BCUT2D eigenvalue weighted by atomic mass is 9.72. The molecule has 23 aromatic carbocycles. The van der Waals surface area contributed by atoms with Crippen molar-refractivity contribution < 1.29 is 10.0 Å². The molecule has 0 fully saturated rings. The van der Waals surface area contributed by atoms with Crippen LogP contribution in [-0.2, 0) is 0 Å². The van der Waals surface area contributed by atoms with Crippen LogP contribution < -0.4 is 5.46 Å². The van der Waals surface area contributed by atoms with Gasteiger partial charge in [0.25, 0.3) is 0 Å². The molecule has 0 aliphatic carbocycles. The van der Waals surface area contributed by atoms with E-state index in [1.54, 1.807) is 0 Å². The summed E-state index contributed by atoms with van der Waals surface area (Å²) in [4.78, 5) is 0. The predicted octanol–water partition coefficient (Wildman–Crippen LogP) is 32.0. The number of hydrogen-bond acceptors (Lipinski definition) is 2. The van der Waals surface area contributed by atoms with Gasteiger partial charge in [0.1, 0.15) is 0 Å². The van der Waals surface area contributed by atoms with E-state index in [1.807, 2.05) is 48.5 Å². The van der Waals surface area contributed by atoms with Crippen LogP contribution >= 0.6 is 31.9 Å². The third kappa shape index (κ3) is 14.2.